The van der Waals surface area contributed by atoms with Gasteiger partial charge in [0.05, 0.1) is 16.6 Å². The molecule has 3 rings (SSSR count). The molecule has 8 nitrogen and oxygen atoms in total. The molecule has 1 aromatic rings. The van der Waals surface area contributed by atoms with Gasteiger partial charge < -0.3 is 10.1 Å². The lowest BCUT2D eigenvalue weighted by molar-refractivity contribution is -0.387. The second-order valence-electron chi connectivity index (χ2n) is 6.38. The van der Waals surface area contributed by atoms with Crippen molar-refractivity contribution in [2.45, 2.75) is 36.4 Å². The number of hydrogen-bond donors (Lipinski definition) is 1. The van der Waals surface area contributed by atoms with E-state index in [-0.39, 0.29) is 24.1 Å². The Morgan fingerprint density at radius 3 is 2.67 bits per heavy atom. The van der Waals surface area contributed by atoms with Crippen LogP contribution < -0.4 is 5.32 Å². The molecule has 0 aliphatic carbocycles. The summed E-state index contributed by atoms with van der Waals surface area (Å²) in [4.78, 5) is 10.3. The number of nitrogens with one attached hydrogen (secondary N) is 1. The maximum atomic E-state index is 13.0. The van der Waals surface area contributed by atoms with E-state index in [0.29, 0.717) is 0 Å². The molecule has 1 N–H and O–H groups in total. The van der Waals surface area contributed by atoms with Gasteiger partial charge in [0.2, 0.25) is 10.0 Å². The minimum atomic E-state index is -3.95. The third-order valence-electron chi connectivity index (χ3n) is 4.57. The smallest absolute Gasteiger partial charge is 0.289 e. The van der Waals surface area contributed by atoms with Crippen LogP contribution in [0.4, 0.5) is 5.69 Å². The molecular formula is C15H21N3O5S. The van der Waals surface area contributed by atoms with Crippen LogP contribution in [0.15, 0.2) is 29.2 Å². The SMILES string of the molecule is CC1CN(S(=O)(=O)c2ccccc2[N+](=O)[O-])CC2(CCNCC2)O1. The first-order chi connectivity index (χ1) is 11.3. The molecule has 9 heteroatoms. The summed E-state index contributed by atoms with van der Waals surface area (Å²) in [5, 5.41) is 14.4. The average Bonchev–Trinajstić information content (AvgIpc) is 2.54. The number of nitro benzene ring substituents is 1. The van der Waals surface area contributed by atoms with Gasteiger partial charge in [-0.05, 0) is 38.9 Å². The molecule has 24 heavy (non-hydrogen) atoms. The molecular weight excluding hydrogens is 334 g/mol. The molecule has 0 aromatic heterocycles. The van der Waals surface area contributed by atoms with Gasteiger partial charge in [-0.15, -0.1) is 0 Å². The van der Waals surface area contributed by atoms with E-state index in [0.717, 1.165) is 25.9 Å². The molecule has 2 fully saturated rings. The summed E-state index contributed by atoms with van der Waals surface area (Å²) in [7, 11) is -3.95. The lowest BCUT2D eigenvalue weighted by Gasteiger charge is -2.47. The lowest BCUT2D eigenvalue weighted by Crippen LogP contribution is -2.59. The second-order valence-corrected chi connectivity index (χ2v) is 8.29. The van der Waals surface area contributed by atoms with E-state index >= 15 is 0 Å². The first-order valence-corrected chi connectivity index (χ1v) is 9.40. The minimum absolute atomic E-state index is 0.198. The lowest BCUT2D eigenvalue weighted by atomic mass is 9.90. The maximum Gasteiger partial charge on any atom is 0.289 e. The van der Waals surface area contributed by atoms with Gasteiger partial charge in [0.15, 0.2) is 4.90 Å². The number of para-hydroxylation sites is 1. The molecule has 2 aliphatic rings. The number of piperidine rings is 1. The summed E-state index contributed by atoms with van der Waals surface area (Å²) in [6, 6.07) is 5.48. The molecule has 1 atom stereocenters. The quantitative estimate of drug-likeness (QED) is 0.644. The van der Waals surface area contributed by atoms with Gasteiger partial charge in [0.1, 0.15) is 0 Å². The number of nitro groups is 1. The zero-order valence-corrected chi connectivity index (χ0v) is 14.3. The van der Waals surface area contributed by atoms with E-state index in [2.05, 4.69) is 5.32 Å². The van der Waals surface area contributed by atoms with Gasteiger partial charge in [-0.2, -0.15) is 4.31 Å². The van der Waals surface area contributed by atoms with E-state index in [1.54, 1.807) is 0 Å². The molecule has 1 spiro atoms. The molecule has 1 unspecified atom stereocenters. The van der Waals surface area contributed by atoms with Crippen LogP contribution in [0.3, 0.4) is 0 Å². The summed E-state index contributed by atoms with van der Waals surface area (Å²) < 4.78 is 33.5. The Balaban J connectivity index is 1.96. The minimum Gasteiger partial charge on any atom is -0.369 e. The third kappa shape index (κ3) is 3.16. The molecule has 0 radical (unpaired) electrons. The monoisotopic (exact) mass is 355 g/mol. The molecule has 1 aromatic carbocycles. The predicted molar refractivity (Wildman–Crippen MR) is 87.2 cm³/mol. The summed E-state index contributed by atoms with van der Waals surface area (Å²) >= 11 is 0. The summed E-state index contributed by atoms with van der Waals surface area (Å²) in [6.07, 6.45) is 1.19. The van der Waals surface area contributed by atoms with Crippen molar-refractivity contribution >= 4 is 15.7 Å². The highest BCUT2D eigenvalue weighted by molar-refractivity contribution is 7.89. The molecule has 2 saturated heterocycles. The van der Waals surface area contributed by atoms with Crippen molar-refractivity contribution in [2.24, 2.45) is 0 Å². The fourth-order valence-electron chi connectivity index (χ4n) is 3.48. The number of ether oxygens (including phenoxy) is 1. The van der Waals surface area contributed by atoms with E-state index < -0.39 is 26.2 Å². The van der Waals surface area contributed by atoms with Gasteiger partial charge >= 0.3 is 0 Å². The Morgan fingerprint density at radius 1 is 1.33 bits per heavy atom. The number of rotatable bonds is 3. The van der Waals surface area contributed by atoms with Crippen LogP contribution in [0, 0.1) is 10.1 Å². The van der Waals surface area contributed by atoms with Gasteiger partial charge in [0, 0.05) is 19.2 Å². The molecule has 132 valence electrons. The Kier molecular flexibility index (Phi) is 4.60. The highest BCUT2D eigenvalue weighted by atomic mass is 32.2. The fourth-order valence-corrected chi connectivity index (χ4v) is 5.23. The van der Waals surface area contributed by atoms with Crippen molar-refractivity contribution in [1.82, 2.24) is 9.62 Å². The molecule has 2 heterocycles. The number of morpholine rings is 1. The van der Waals surface area contributed by atoms with Crippen LogP contribution in [0.2, 0.25) is 0 Å². The Bertz CT molecular complexity index is 730. The summed E-state index contributed by atoms with van der Waals surface area (Å²) in [5.74, 6) is 0. The first-order valence-electron chi connectivity index (χ1n) is 7.96. The average molecular weight is 355 g/mol. The van der Waals surface area contributed by atoms with E-state index in [1.165, 1.54) is 28.6 Å². The molecule has 0 amide bonds. The van der Waals surface area contributed by atoms with Crippen LogP contribution in [-0.4, -0.2) is 55.5 Å². The van der Waals surface area contributed by atoms with Crippen molar-refractivity contribution < 1.29 is 18.1 Å². The van der Waals surface area contributed by atoms with Crippen molar-refractivity contribution in [3.05, 3.63) is 34.4 Å². The first kappa shape index (κ1) is 17.3. The van der Waals surface area contributed by atoms with E-state index in [1.807, 2.05) is 6.92 Å². The van der Waals surface area contributed by atoms with Crippen molar-refractivity contribution in [2.75, 3.05) is 26.2 Å². The normalized spacial score (nSPS) is 24.8. The van der Waals surface area contributed by atoms with Crippen LogP contribution in [0.1, 0.15) is 19.8 Å². The Morgan fingerprint density at radius 2 is 2.00 bits per heavy atom. The van der Waals surface area contributed by atoms with E-state index in [4.69, 9.17) is 4.74 Å². The Hall–Kier alpha value is -1.55. The molecule has 0 bridgehead atoms. The Labute approximate surface area is 141 Å². The molecule has 2 aliphatic heterocycles. The topological polar surface area (TPSA) is 102 Å². The number of nitrogens with zero attached hydrogens (tertiary/aromatic N) is 2. The van der Waals surface area contributed by atoms with Crippen molar-refractivity contribution in [3.63, 3.8) is 0 Å². The van der Waals surface area contributed by atoms with Gasteiger partial charge in [0.25, 0.3) is 5.69 Å². The number of sulfonamides is 1. The van der Waals surface area contributed by atoms with Gasteiger partial charge in [-0.3, -0.25) is 10.1 Å². The zero-order valence-electron chi connectivity index (χ0n) is 13.5. The predicted octanol–water partition coefficient (Wildman–Crippen LogP) is 1.13. The largest absolute Gasteiger partial charge is 0.369 e. The third-order valence-corrected chi connectivity index (χ3v) is 6.43. The highest BCUT2D eigenvalue weighted by Gasteiger charge is 2.45. The van der Waals surface area contributed by atoms with Crippen LogP contribution >= 0.6 is 0 Å². The van der Waals surface area contributed by atoms with Crippen LogP contribution in [-0.2, 0) is 14.8 Å². The van der Waals surface area contributed by atoms with Crippen LogP contribution in [0.5, 0.6) is 0 Å². The standard InChI is InChI=1S/C15H21N3O5S/c1-12-10-17(11-15(23-12)6-8-16-9-7-15)24(21,22)14-5-3-2-4-13(14)18(19)20/h2-5,12,16H,6-11H2,1H3. The summed E-state index contributed by atoms with van der Waals surface area (Å²) in [6.45, 7) is 3.81. The van der Waals surface area contributed by atoms with E-state index in [9.17, 15) is 18.5 Å². The van der Waals surface area contributed by atoms with Crippen molar-refractivity contribution in [1.29, 1.82) is 0 Å². The second kappa shape index (κ2) is 6.40. The van der Waals surface area contributed by atoms with Gasteiger partial charge in [-0.25, -0.2) is 8.42 Å². The van der Waals surface area contributed by atoms with Gasteiger partial charge in [-0.1, -0.05) is 12.1 Å². The number of benzene rings is 1. The highest BCUT2D eigenvalue weighted by Crippen LogP contribution is 2.34. The summed E-state index contributed by atoms with van der Waals surface area (Å²) in [5.41, 5.74) is -0.907. The number of hydrogen-bond acceptors (Lipinski definition) is 6. The molecule has 0 saturated carbocycles. The zero-order chi connectivity index (χ0) is 17.4. The maximum absolute atomic E-state index is 13.0. The fraction of sp³-hybridized carbons (Fsp3) is 0.600. The van der Waals surface area contributed by atoms with Crippen molar-refractivity contribution in [3.8, 4) is 0 Å². The van der Waals surface area contributed by atoms with Crippen LogP contribution in [0.25, 0.3) is 0 Å².